The number of carbonyl (C=O) groups excluding carboxylic acids is 1. The number of amides is 1. The van der Waals surface area contributed by atoms with Crippen LogP contribution in [0, 0.1) is 11.3 Å². The molecule has 0 aliphatic heterocycles. The Morgan fingerprint density at radius 2 is 2.12 bits per heavy atom. The molecule has 1 atom stereocenters. The monoisotopic (exact) mass is 231 g/mol. The number of hydrogen-bond donors (Lipinski definition) is 1. The van der Waals surface area contributed by atoms with E-state index in [4.69, 9.17) is 11.0 Å². The smallest absolute Gasteiger partial charge is 0.239 e. The zero-order valence-corrected chi connectivity index (χ0v) is 9.97. The van der Waals surface area contributed by atoms with Gasteiger partial charge >= 0.3 is 0 Å². The molecule has 0 spiro atoms. The van der Waals surface area contributed by atoms with Gasteiger partial charge in [-0.1, -0.05) is 30.3 Å². The van der Waals surface area contributed by atoms with Crippen LogP contribution in [0.25, 0.3) is 0 Å². The van der Waals surface area contributed by atoms with E-state index >= 15 is 0 Å². The Bertz CT molecular complexity index is 397. The fourth-order valence-corrected chi connectivity index (χ4v) is 1.57. The van der Waals surface area contributed by atoms with Crippen molar-refractivity contribution in [3.63, 3.8) is 0 Å². The van der Waals surface area contributed by atoms with E-state index in [1.807, 2.05) is 36.4 Å². The Labute approximate surface area is 102 Å². The zero-order chi connectivity index (χ0) is 12.7. The third-order valence-corrected chi connectivity index (χ3v) is 2.55. The lowest BCUT2D eigenvalue weighted by molar-refractivity contribution is -0.131. The van der Waals surface area contributed by atoms with Crippen LogP contribution in [0.5, 0.6) is 0 Å². The summed E-state index contributed by atoms with van der Waals surface area (Å²) in [4.78, 5) is 13.4. The van der Waals surface area contributed by atoms with Gasteiger partial charge in [-0.15, -0.1) is 0 Å². The molecule has 4 heteroatoms. The van der Waals surface area contributed by atoms with E-state index in [2.05, 4.69) is 0 Å². The van der Waals surface area contributed by atoms with Gasteiger partial charge in [-0.25, -0.2) is 0 Å². The van der Waals surface area contributed by atoms with Crippen LogP contribution >= 0.6 is 0 Å². The summed E-state index contributed by atoms with van der Waals surface area (Å²) >= 11 is 0. The number of hydrogen-bond acceptors (Lipinski definition) is 3. The number of nitrogens with zero attached hydrogens (tertiary/aromatic N) is 2. The van der Waals surface area contributed by atoms with Gasteiger partial charge in [0.05, 0.1) is 18.5 Å². The molecule has 0 aliphatic rings. The van der Waals surface area contributed by atoms with Crippen LogP contribution < -0.4 is 5.73 Å². The van der Waals surface area contributed by atoms with Crippen molar-refractivity contribution in [2.24, 2.45) is 5.73 Å². The van der Waals surface area contributed by atoms with Crippen molar-refractivity contribution in [1.82, 2.24) is 4.90 Å². The normalized spacial score (nSPS) is 11.6. The summed E-state index contributed by atoms with van der Waals surface area (Å²) in [5.74, 6) is -0.121. The second kappa shape index (κ2) is 6.66. The third kappa shape index (κ3) is 4.25. The topological polar surface area (TPSA) is 70.1 Å². The highest BCUT2D eigenvalue weighted by Crippen LogP contribution is 2.03. The maximum Gasteiger partial charge on any atom is 0.239 e. The number of rotatable bonds is 5. The second-order valence-electron chi connectivity index (χ2n) is 3.96. The Morgan fingerprint density at radius 3 is 2.71 bits per heavy atom. The van der Waals surface area contributed by atoms with Crippen LogP contribution in [0.4, 0.5) is 0 Å². The molecule has 90 valence electrons. The van der Waals surface area contributed by atoms with Crippen molar-refractivity contribution in [3.05, 3.63) is 35.9 Å². The van der Waals surface area contributed by atoms with E-state index in [1.54, 1.807) is 7.05 Å². The molecule has 0 bridgehead atoms. The van der Waals surface area contributed by atoms with Crippen molar-refractivity contribution in [3.8, 4) is 6.07 Å². The Balaban J connectivity index is 2.50. The Hall–Kier alpha value is -1.86. The SMILES string of the molecule is CN(CCC#N)C(=O)C(N)Cc1ccccc1. The van der Waals surface area contributed by atoms with E-state index in [-0.39, 0.29) is 5.91 Å². The average molecular weight is 231 g/mol. The maximum absolute atomic E-state index is 11.8. The van der Waals surface area contributed by atoms with Gasteiger partial charge in [0.15, 0.2) is 0 Å². The molecule has 2 N–H and O–H groups in total. The molecule has 1 amide bonds. The molecule has 17 heavy (non-hydrogen) atoms. The Morgan fingerprint density at radius 1 is 1.47 bits per heavy atom. The van der Waals surface area contributed by atoms with Crippen molar-refractivity contribution in [2.45, 2.75) is 18.9 Å². The summed E-state index contributed by atoms with van der Waals surface area (Å²) in [6, 6.07) is 11.1. The van der Waals surface area contributed by atoms with E-state index in [0.29, 0.717) is 19.4 Å². The highest BCUT2D eigenvalue weighted by atomic mass is 16.2. The number of nitriles is 1. The first-order valence-electron chi connectivity index (χ1n) is 5.56. The molecule has 0 saturated carbocycles. The molecule has 0 aromatic heterocycles. The van der Waals surface area contributed by atoms with Gasteiger partial charge in [0, 0.05) is 13.6 Å². The highest BCUT2D eigenvalue weighted by molar-refractivity contribution is 5.81. The molecule has 0 saturated heterocycles. The van der Waals surface area contributed by atoms with Crippen molar-refractivity contribution < 1.29 is 4.79 Å². The van der Waals surface area contributed by atoms with E-state index in [9.17, 15) is 4.79 Å². The summed E-state index contributed by atoms with van der Waals surface area (Å²) in [6.45, 7) is 0.428. The van der Waals surface area contributed by atoms with Crippen molar-refractivity contribution in [2.75, 3.05) is 13.6 Å². The van der Waals surface area contributed by atoms with Gasteiger partial charge in [-0.3, -0.25) is 4.79 Å². The Kier molecular flexibility index (Phi) is 5.18. The first-order valence-corrected chi connectivity index (χ1v) is 5.56. The molecule has 1 rings (SSSR count). The molecule has 1 aromatic rings. The predicted molar refractivity (Wildman–Crippen MR) is 66.0 cm³/mol. The van der Waals surface area contributed by atoms with E-state index in [1.165, 1.54) is 4.90 Å². The second-order valence-corrected chi connectivity index (χ2v) is 3.96. The maximum atomic E-state index is 11.8. The summed E-state index contributed by atoms with van der Waals surface area (Å²) in [5.41, 5.74) is 6.89. The van der Waals surface area contributed by atoms with Gasteiger partial charge in [0.1, 0.15) is 0 Å². The van der Waals surface area contributed by atoms with Crippen molar-refractivity contribution >= 4 is 5.91 Å². The zero-order valence-electron chi connectivity index (χ0n) is 9.97. The molecule has 4 nitrogen and oxygen atoms in total. The van der Waals surface area contributed by atoms with Crippen LogP contribution in [-0.2, 0) is 11.2 Å². The third-order valence-electron chi connectivity index (χ3n) is 2.55. The molecule has 0 fully saturated rings. The molecular weight excluding hydrogens is 214 g/mol. The minimum atomic E-state index is -0.541. The summed E-state index contributed by atoms with van der Waals surface area (Å²) < 4.78 is 0. The summed E-state index contributed by atoms with van der Waals surface area (Å²) in [7, 11) is 1.67. The van der Waals surface area contributed by atoms with Gasteiger partial charge in [-0.05, 0) is 12.0 Å². The highest BCUT2D eigenvalue weighted by Gasteiger charge is 2.17. The number of benzene rings is 1. The molecule has 0 aliphatic carbocycles. The van der Waals surface area contributed by atoms with Gasteiger partial charge in [0.25, 0.3) is 0 Å². The first-order chi connectivity index (χ1) is 8.15. The average Bonchev–Trinajstić information content (AvgIpc) is 2.36. The van der Waals surface area contributed by atoms with E-state index < -0.39 is 6.04 Å². The molecule has 0 radical (unpaired) electrons. The van der Waals surface area contributed by atoms with Gasteiger partial charge in [-0.2, -0.15) is 5.26 Å². The molecular formula is C13H17N3O. The van der Waals surface area contributed by atoms with E-state index in [0.717, 1.165) is 5.56 Å². The van der Waals surface area contributed by atoms with Gasteiger partial charge in [0.2, 0.25) is 5.91 Å². The molecule has 1 aromatic carbocycles. The van der Waals surface area contributed by atoms with Crippen LogP contribution in [-0.4, -0.2) is 30.4 Å². The number of likely N-dealkylation sites (N-methyl/N-ethyl adjacent to an activating group) is 1. The molecule has 0 heterocycles. The first kappa shape index (κ1) is 13.2. The standard InChI is InChI=1S/C13H17N3O/c1-16(9-5-8-14)13(17)12(15)10-11-6-3-2-4-7-11/h2-4,6-7,12H,5,9-10,15H2,1H3. The van der Waals surface area contributed by atoms with Crippen LogP contribution in [0.3, 0.4) is 0 Å². The minimum Gasteiger partial charge on any atom is -0.343 e. The quantitative estimate of drug-likeness (QED) is 0.819. The van der Waals surface area contributed by atoms with Crippen LogP contribution in [0.2, 0.25) is 0 Å². The van der Waals surface area contributed by atoms with Crippen molar-refractivity contribution in [1.29, 1.82) is 5.26 Å². The molecule has 1 unspecified atom stereocenters. The number of carbonyl (C=O) groups is 1. The van der Waals surface area contributed by atoms with Crippen LogP contribution in [0.15, 0.2) is 30.3 Å². The largest absolute Gasteiger partial charge is 0.343 e. The van der Waals surface area contributed by atoms with Gasteiger partial charge < -0.3 is 10.6 Å². The summed E-state index contributed by atoms with van der Waals surface area (Å²) in [5, 5.41) is 8.45. The lowest BCUT2D eigenvalue weighted by Gasteiger charge is -2.20. The van der Waals surface area contributed by atoms with Crippen LogP contribution in [0.1, 0.15) is 12.0 Å². The minimum absolute atomic E-state index is 0.121. The lowest BCUT2D eigenvalue weighted by Crippen LogP contribution is -2.43. The lowest BCUT2D eigenvalue weighted by atomic mass is 10.1. The fraction of sp³-hybridized carbons (Fsp3) is 0.385. The fourth-order valence-electron chi connectivity index (χ4n) is 1.57. The number of nitrogens with two attached hydrogens (primary N) is 1. The summed E-state index contributed by atoms with van der Waals surface area (Å²) in [6.07, 6.45) is 0.858. The predicted octanol–water partition coefficient (Wildman–Crippen LogP) is 0.928.